The zero-order valence-corrected chi connectivity index (χ0v) is 15.7. The van der Waals surface area contributed by atoms with Crippen LogP contribution in [0.1, 0.15) is 29.3 Å². The summed E-state index contributed by atoms with van der Waals surface area (Å²) in [5.74, 6) is 0.234. The number of hydrogen-bond donors (Lipinski definition) is 0. The number of hydrogen-bond acceptors (Lipinski definition) is 4. The maximum absolute atomic E-state index is 12.9. The van der Waals surface area contributed by atoms with Crippen LogP contribution >= 0.6 is 11.6 Å². The third-order valence-electron chi connectivity index (χ3n) is 4.72. The minimum Gasteiger partial charge on any atom is -0.338 e. The molecule has 1 aromatic heterocycles. The zero-order valence-electron chi connectivity index (χ0n) is 15.0. The Balaban J connectivity index is 1.48. The second-order valence-corrected chi connectivity index (χ2v) is 7.28. The fourth-order valence-corrected chi connectivity index (χ4v) is 3.49. The molecule has 0 aliphatic carbocycles. The van der Waals surface area contributed by atoms with Gasteiger partial charge >= 0.3 is 6.18 Å². The van der Waals surface area contributed by atoms with Gasteiger partial charge in [-0.15, -0.1) is 0 Å². The van der Waals surface area contributed by atoms with E-state index < -0.39 is 11.7 Å². The van der Waals surface area contributed by atoms with Crippen molar-refractivity contribution in [3.8, 4) is 11.5 Å². The summed E-state index contributed by atoms with van der Waals surface area (Å²) < 4.78 is 44.0. The van der Waals surface area contributed by atoms with Crippen molar-refractivity contribution in [2.24, 2.45) is 0 Å². The van der Waals surface area contributed by atoms with Crippen LogP contribution in [0.25, 0.3) is 11.5 Å². The maximum Gasteiger partial charge on any atom is 0.416 e. The van der Waals surface area contributed by atoms with Crippen molar-refractivity contribution < 1.29 is 22.5 Å². The average molecular weight is 422 g/mol. The topological polar surface area (TPSA) is 59.2 Å². The van der Waals surface area contributed by atoms with Crippen molar-refractivity contribution in [2.45, 2.75) is 25.1 Å². The summed E-state index contributed by atoms with van der Waals surface area (Å²) in [7, 11) is 0. The van der Waals surface area contributed by atoms with Gasteiger partial charge < -0.3 is 9.42 Å². The molecule has 2 heterocycles. The number of carbonyl (C=O) groups excluding carboxylic acids is 1. The molecule has 3 aromatic rings. The molecular weight excluding hydrogens is 407 g/mol. The van der Waals surface area contributed by atoms with Gasteiger partial charge in [-0.05, 0) is 35.9 Å². The Bertz CT molecular complexity index is 1050. The first-order valence-corrected chi connectivity index (χ1v) is 9.21. The largest absolute Gasteiger partial charge is 0.416 e. The first-order valence-electron chi connectivity index (χ1n) is 8.83. The van der Waals surface area contributed by atoms with Crippen molar-refractivity contribution in [3.63, 3.8) is 0 Å². The fourth-order valence-electron chi connectivity index (χ4n) is 3.30. The highest BCUT2D eigenvalue weighted by molar-refractivity contribution is 6.30. The van der Waals surface area contributed by atoms with E-state index in [1.807, 2.05) is 0 Å². The van der Waals surface area contributed by atoms with E-state index in [-0.39, 0.29) is 24.8 Å². The van der Waals surface area contributed by atoms with Gasteiger partial charge in [-0.25, -0.2) is 0 Å². The van der Waals surface area contributed by atoms with Crippen LogP contribution in [0.2, 0.25) is 5.02 Å². The molecule has 0 spiro atoms. The second-order valence-electron chi connectivity index (χ2n) is 6.84. The summed E-state index contributed by atoms with van der Waals surface area (Å²) in [6, 6.07) is 11.9. The highest BCUT2D eigenvalue weighted by Crippen LogP contribution is 2.32. The van der Waals surface area contributed by atoms with Crippen molar-refractivity contribution in [3.05, 3.63) is 70.5 Å². The summed E-state index contributed by atoms with van der Waals surface area (Å²) >= 11 is 5.97. The van der Waals surface area contributed by atoms with Gasteiger partial charge in [0.05, 0.1) is 5.56 Å². The minimum atomic E-state index is -4.42. The smallest absolute Gasteiger partial charge is 0.338 e. The normalized spacial score (nSPS) is 17.2. The molecule has 1 saturated heterocycles. The molecule has 1 unspecified atom stereocenters. The van der Waals surface area contributed by atoms with E-state index in [1.165, 1.54) is 11.0 Å². The van der Waals surface area contributed by atoms with Crippen molar-refractivity contribution in [1.82, 2.24) is 15.0 Å². The van der Waals surface area contributed by atoms with E-state index in [9.17, 15) is 18.0 Å². The molecule has 1 amide bonds. The van der Waals surface area contributed by atoms with Gasteiger partial charge in [0.25, 0.3) is 5.89 Å². The lowest BCUT2D eigenvalue weighted by atomic mass is 10.1. The van der Waals surface area contributed by atoms with Crippen LogP contribution < -0.4 is 0 Å². The Labute approximate surface area is 169 Å². The van der Waals surface area contributed by atoms with Crippen LogP contribution in [0.3, 0.4) is 0 Å². The Morgan fingerprint density at radius 1 is 1.17 bits per heavy atom. The fraction of sp³-hybridized carbons (Fsp3) is 0.250. The molecule has 0 radical (unpaired) electrons. The molecule has 29 heavy (non-hydrogen) atoms. The molecule has 0 N–H and O–H groups in total. The van der Waals surface area contributed by atoms with Gasteiger partial charge in [-0.1, -0.05) is 35.0 Å². The first-order chi connectivity index (χ1) is 13.8. The molecule has 1 aliphatic rings. The summed E-state index contributed by atoms with van der Waals surface area (Å²) in [5.41, 5.74) is 0.352. The zero-order chi connectivity index (χ0) is 20.6. The highest BCUT2D eigenvalue weighted by Gasteiger charge is 2.35. The lowest BCUT2D eigenvalue weighted by Crippen LogP contribution is -2.24. The van der Waals surface area contributed by atoms with Crippen molar-refractivity contribution in [2.75, 3.05) is 6.54 Å². The lowest BCUT2D eigenvalue weighted by Gasteiger charge is -2.17. The van der Waals surface area contributed by atoms with Crippen LogP contribution in [0, 0.1) is 0 Å². The monoisotopic (exact) mass is 421 g/mol. The van der Waals surface area contributed by atoms with E-state index >= 15 is 0 Å². The van der Waals surface area contributed by atoms with Gasteiger partial charge in [0.15, 0.2) is 5.82 Å². The van der Waals surface area contributed by atoms with Gasteiger partial charge in [-0.3, -0.25) is 4.79 Å². The van der Waals surface area contributed by atoms with E-state index in [2.05, 4.69) is 10.1 Å². The summed E-state index contributed by atoms with van der Waals surface area (Å²) in [4.78, 5) is 18.2. The second kappa shape index (κ2) is 7.51. The van der Waals surface area contributed by atoms with Crippen LogP contribution in [-0.2, 0) is 17.5 Å². The molecular formula is C20H15ClF3N3O2. The number of aromatic nitrogens is 2. The SMILES string of the molecule is O=C1CC(c2noc(-c3cccc(Cl)c3)n2)CN1Cc1cccc(C(F)(F)F)c1. The number of rotatable bonds is 4. The summed E-state index contributed by atoms with van der Waals surface area (Å²) in [6.07, 6.45) is -4.25. The Morgan fingerprint density at radius 2 is 1.97 bits per heavy atom. The quantitative estimate of drug-likeness (QED) is 0.599. The lowest BCUT2D eigenvalue weighted by molar-refractivity contribution is -0.137. The van der Waals surface area contributed by atoms with Crippen LogP contribution in [0.15, 0.2) is 53.1 Å². The molecule has 9 heteroatoms. The highest BCUT2D eigenvalue weighted by atomic mass is 35.5. The van der Waals surface area contributed by atoms with Crippen LogP contribution in [0.4, 0.5) is 13.2 Å². The molecule has 2 aromatic carbocycles. The van der Waals surface area contributed by atoms with Gasteiger partial charge in [0.2, 0.25) is 5.91 Å². The standard InChI is InChI=1S/C20H15ClF3N3O2/c21-16-6-2-4-13(8-16)19-25-18(26-29-19)14-9-17(28)27(11-14)10-12-3-1-5-15(7-12)20(22,23)24/h1-8,14H,9-11H2. The summed E-state index contributed by atoms with van der Waals surface area (Å²) in [5, 5.41) is 4.50. The number of carbonyl (C=O) groups is 1. The van der Waals surface area contributed by atoms with Gasteiger partial charge in [0.1, 0.15) is 0 Å². The Kier molecular flexibility index (Phi) is 5.04. The number of likely N-dealkylation sites (tertiary alicyclic amines) is 1. The number of benzene rings is 2. The Morgan fingerprint density at radius 3 is 2.72 bits per heavy atom. The molecule has 4 rings (SSSR count). The number of nitrogens with zero attached hydrogens (tertiary/aromatic N) is 3. The Hall–Kier alpha value is -2.87. The van der Waals surface area contributed by atoms with Crippen LogP contribution in [0.5, 0.6) is 0 Å². The van der Waals surface area contributed by atoms with Crippen molar-refractivity contribution >= 4 is 17.5 Å². The summed E-state index contributed by atoms with van der Waals surface area (Å²) in [6.45, 7) is 0.405. The van der Waals surface area contributed by atoms with Gasteiger partial charge in [0, 0.05) is 36.0 Å². The molecule has 0 saturated carbocycles. The molecule has 150 valence electrons. The van der Waals surface area contributed by atoms with Crippen LogP contribution in [-0.4, -0.2) is 27.5 Å². The third kappa shape index (κ3) is 4.27. The van der Waals surface area contributed by atoms with Gasteiger partial charge in [-0.2, -0.15) is 18.2 Å². The first kappa shape index (κ1) is 19.4. The molecule has 0 bridgehead atoms. The number of alkyl halides is 3. The predicted octanol–water partition coefficient (Wildman–Crippen LogP) is 4.92. The molecule has 5 nitrogen and oxygen atoms in total. The molecule has 1 atom stereocenters. The average Bonchev–Trinajstić information content (AvgIpc) is 3.29. The van der Waals surface area contributed by atoms with E-state index in [1.54, 1.807) is 30.3 Å². The van der Waals surface area contributed by atoms with E-state index in [0.717, 1.165) is 12.1 Å². The number of halogens is 4. The minimum absolute atomic E-state index is 0.0955. The van der Waals surface area contributed by atoms with E-state index in [4.69, 9.17) is 16.1 Å². The van der Waals surface area contributed by atoms with E-state index in [0.29, 0.717) is 34.4 Å². The molecule has 1 fully saturated rings. The number of amides is 1. The third-order valence-corrected chi connectivity index (χ3v) is 4.96. The predicted molar refractivity (Wildman–Crippen MR) is 99.0 cm³/mol. The van der Waals surface area contributed by atoms with Crippen molar-refractivity contribution in [1.29, 1.82) is 0 Å². The molecule has 1 aliphatic heterocycles. The maximum atomic E-state index is 12.9.